The summed E-state index contributed by atoms with van der Waals surface area (Å²) >= 11 is 1.28. The van der Waals surface area contributed by atoms with E-state index in [1.54, 1.807) is 0 Å². The highest BCUT2D eigenvalue weighted by Gasteiger charge is 1.92. The minimum atomic E-state index is -1.03. The van der Waals surface area contributed by atoms with Gasteiger partial charge in [-0.25, -0.2) is 0 Å². The standard InChI is InChI=1S/C9H10O2S/c1-7-2-4-8(5-3-7)12-6-9(10)11/h2-5H,6H2,1H3,(H,10,11)/p-1. The zero-order valence-electron chi connectivity index (χ0n) is 6.74. The lowest BCUT2D eigenvalue weighted by molar-refractivity contribution is -0.301. The van der Waals surface area contributed by atoms with E-state index in [4.69, 9.17) is 0 Å². The molecule has 0 amide bonds. The van der Waals surface area contributed by atoms with E-state index in [9.17, 15) is 9.90 Å². The molecule has 0 bridgehead atoms. The third kappa shape index (κ3) is 2.96. The number of carbonyl (C=O) groups is 1. The summed E-state index contributed by atoms with van der Waals surface area (Å²) in [6, 6.07) is 7.72. The third-order valence-corrected chi connectivity index (χ3v) is 2.36. The molecule has 0 aliphatic rings. The number of carboxylic acids is 1. The molecule has 1 aromatic rings. The minimum absolute atomic E-state index is 0.0169. The molecule has 0 unspecified atom stereocenters. The second-order valence-electron chi connectivity index (χ2n) is 2.47. The molecule has 0 atom stereocenters. The van der Waals surface area contributed by atoms with Crippen molar-refractivity contribution in [2.24, 2.45) is 0 Å². The van der Waals surface area contributed by atoms with Gasteiger partial charge in [0.15, 0.2) is 0 Å². The van der Waals surface area contributed by atoms with Gasteiger partial charge in [-0.1, -0.05) is 17.7 Å². The van der Waals surface area contributed by atoms with Gasteiger partial charge >= 0.3 is 0 Å². The van der Waals surface area contributed by atoms with E-state index in [-0.39, 0.29) is 5.75 Å². The highest BCUT2D eigenvalue weighted by molar-refractivity contribution is 8.00. The summed E-state index contributed by atoms with van der Waals surface area (Å²) in [5.41, 5.74) is 1.17. The molecule has 0 fully saturated rings. The van der Waals surface area contributed by atoms with E-state index in [1.807, 2.05) is 31.2 Å². The normalized spacial score (nSPS) is 9.75. The fourth-order valence-corrected chi connectivity index (χ4v) is 1.39. The SMILES string of the molecule is Cc1ccc(SCC(=O)[O-])cc1. The maximum atomic E-state index is 10.1. The number of thioether (sulfide) groups is 1. The van der Waals surface area contributed by atoms with E-state index in [0.29, 0.717) is 0 Å². The van der Waals surface area contributed by atoms with Gasteiger partial charge in [-0.15, -0.1) is 11.8 Å². The number of aliphatic carboxylic acids is 1. The zero-order valence-corrected chi connectivity index (χ0v) is 7.56. The van der Waals surface area contributed by atoms with Gasteiger partial charge in [0.2, 0.25) is 0 Å². The highest BCUT2D eigenvalue weighted by Crippen LogP contribution is 2.17. The molecule has 2 nitrogen and oxygen atoms in total. The molecule has 0 N–H and O–H groups in total. The topological polar surface area (TPSA) is 40.1 Å². The average Bonchev–Trinajstić information content (AvgIpc) is 2.03. The number of carboxylic acid groups (broad SMARTS) is 1. The van der Waals surface area contributed by atoms with Crippen LogP contribution in [0.5, 0.6) is 0 Å². The smallest absolute Gasteiger partial charge is 0.0517 e. The fourth-order valence-electron chi connectivity index (χ4n) is 0.777. The molecule has 0 aliphatic carbocycles. The van der Waals surface area contributed by atoms with Gasteiger partial charge in [-0.05, 0) is 19.1 Å². The molecule has 0 saturated heterocycles. The van der Waals surface area contributed by atoms with Crippen molar-refractivity contribution in [1.29, 1.82) is 0 Å². The number of benzene rings is 1. The molecule has 12 heavy (non-hydrogen) atoms. The predicted molar refractivity (Wildman–Crippen MR) is 46.9 cm³/mol. The number of aryl methyl sites for hydroxylation is 1. The van der Waals surface area contributed by atoms with Crippen molar-refractivity contribution < 1.29 is 9.90 Å². The van der Waals surface area contributed by atoms with Crippen molar-refractivity contribution in [2.75, 3.05) is 5.75 Å². The highest BCUT2D eigenvalue weighted by atomic mass is 32.2. The van der Waals surface area contributed by atoms with Crippen molar-refractivity contribution in [3.63, 3.8) is 0 Å². The summed E-state index contributed by atoms with van der Waals surface area (Å²) in [5, 5.41) is 10.1. The number of carbonyl (C=O) groups excluding carboxylic acids is 1. The van der Waals surface area contributed by atoms with Crippen LogP contribution in [0.4, 0.5) is 0 Å². The monoisotopic (exact) mass is 181 g/mol. The molecule has 1 rings (SSSR count). The Morgan fingerprint density at radius 2 is 2.00 bits per heavy atom. The van der Waals surface area contributed by atoms with Gasteiger partial charge in [0, 0.05) is 10.6 Å². The van der Waals surface area contributed by atoms with Crippen molar-refractivity contribution in [3.8, 4) is 0 Å². The lowest BCUT2D eigenvalue weighted by Crippen LogP contribution is -2.24. The Morgan fingerprint density at radius 3 is 2.50 bits per heavy atom. The van der Waals surface area contributed by atoms with E-state index in [1.165, 1.54) is 17.3 Å². The van der Waals surface area contributed by atoms with Crippen LogP contribution in [0.15, 0.2) is 29.2 Å². The molecule has 0 spiro atoms. The lowest BCUT2D eigenvalue weighted by Gasteiger charge is -2.01. The van der Waals surface area contributed by atoms with Gasteiger partial charge in [0.05, 0.1) is 5.97 Å². The van der Waals surface area contributed by atoms with Gasteiger partial charge in [-0.2, -0.15) is 0 Å². The van der Waals surface area contributed by atoms with Crippen LogP contribution in [0, 0.1) is 6.92 Å². The maximum Gasteiger partial charge on any atom is 0.0517 e. The van der Waals surface area contributed by atoms with Crippen molar-refractivity contribution >= 4 is 17.7 Å². The molecule has 0 aromatic heterocycles. The predicted octanol–water partition coefficient (Wildman–Crippen LogP) is 0.837. The van der Waals surface area contributed by atoms with Gasteiger partial charge in [0.25, 0.3) is 0 Å². The molecular formula is C9H9O2S-. The Labute approximate surface area is 75.6 Å². The molecule has 0 heterocycles. The van der Waals surface area contributed by atoms with Crippen LogP contribution in [0.25, 0.3) is 0 Å². The second-order valence-corrected chi connectivity index (χ2v) is 3.52. The second kappa shape index (κ2) is 4.16. The first-order chi connectivity index (χ1) is 5.68. The summed E-state index contributed by atoms with van der Waals surface area (Å²) in [7, 11) is 0. The van der Waals surface area contributed by atoms with Crippen LogP contribution in [0.3, 0.4) is 0 Å². The van der Waals surface area contributed by atoms with Gasteiger partial charge in [0.1, 0.15) is 0 Å². The van der Waals surface area contributed by atoms with Crippen LogP contribution >= 0.6 is 11.8 Å². The van der Waals surface area contributed by atoms with E-state index >= 15 is 0 Å². The summed E-state index contributed by atoms with van der Waals surface area (Å²) in [6.45, 7) is 1.99. The first-order valence-corrected chi connectivity index (χ1v) is 4.56. The van der Waals surface area contributed by atoms with E-state index in [0.717, 1.165) is 4.90 Å². The van der Waals surface area contributed by atoms with Crippen LogP contribution in [0.1, 0.15) is 5.56 Å². The zero-order chi connectivity index (χ0) is 8.97. The van der Waals surface area contributed by atoms with Gasteiger partial charge < -0.3 is 9.90 Å². The summed E-state index contributed by atoms with van der Waals surface area (Å²) < 4.78 is 0. The van der Waals surface area contributed by atoms with E-state index in [2.05, 4.69) is 0 Å². The van der Waals surface area contributed by atoms with Crippen molar-refractivity contribution in [1.82, 2.24) is 0 Å². The average molecular weight is 181 g/mol. The third-order valence-electron chi connectivity index (χ3n) is 1.38. The first kappa shape index (κ1) is 9.13. The van der Waals surface area contributed by atoms with Crippen LogP contribution in [-0.2, 0) is 4.79 Å². The maximum absolute atomic E-state index is 10.1. The Hall–Kier alpha value is -0.960. The molecular weight excluding hydrogens is 172 g/mol. The summed E-state index contributed by atoms with van der Waals surface area (Å²) in [4.78, 5) is 11.1. The Balaban J connectivity index is 2.53. The lowest BCUT2D eigenvalue weighted by atomic mass is 10.2. The fraction of sp³-hybridized carbons (Fsp3) is 0.222. The number of hydrogen-bond acceptors (Lipinski definition) is 3. The molecule has 64 valence electrons. The first-order valence-electron chi connectivity index (χ1n) is 3.58. The van der Waals surface area contributed by atoms with Crippen molar-refractivity contribution in [2.45, 2.75) is 11.8 Å². The molecule has 3 heteroatoms. The number of hydrogen-bond donors (Lipinski definition) is 0. The van der Waals surface area contributed by atoms with Gasteiger partial charge in [-0.3, -0.25) is 0 Å². The quantitative estimate of drug-likeness (QED) is 0.649. The molecule has 0 radical (unpaired) electrons. The largest absolute Gasteiger partial charge is 0.549 e. The summed E-state index contributed by atoms with van der Waals surface area (Å²) in [6.07, 6.45) is 0. The Morgan fingerprint density at radius 1 is 1.42 bits per heavy atom. The molecule has 0 saturated carbocycles. The minimum Gasteiger partial charge on any atom is -0.549 e. The van der Waals surface area contributed by atoms with Crippen LogP contribution < -0.4 is 5.11 Å². The molecule has 0 aliphatic heterocycles. The van der Waals surface area contributed by atoms with E-state index < -0.39 is 5.97 Å². The number of rotatable bonds is 3. The van der Waals surface area contributed by atoms with Crippen molar-refractivity contribution in [3.05, 3.63) is 29.8 Å². The van der Waals surface area contributed by atoms with Crippen LogP contribution in [0.2, 0.25) is 0 Å². The molecule has 1 aromatic carbocycles. The Bertz CT molecular complexity index is 266. The Kier molecular flexibility index (Phi) is 3.17. The summed E-state index contributed by atoms with van der Waals surface area (Å²) in [5.74, 6) is -1.01. The van der Waals surface area contributed by atoms with Crippen LogP contribution in [-0.4, -0.2) is 11.7 Å².